The molecule has 1 aromatic heterocycles. The van der Waals surface area contributed by atoms with E-state index in [0.29, 0.717) is 5.91 Å². The molecule has 1 aromatic carbocycles. The normalized spacial score (nSPS) is 20.8. The molecular formula is C19H23N3OS. The number of amides is 1. The second kappa shape index (κ2) is 6.55. The summed E-state index contributed by atoms with van der Waals surface area (Å²) in [5.41, 5.74) is 5.69. The Morgan fingerprint density at radius 1 is 1.25 bits per heavy atom. The lowest BCUT2D eigenvalue weighted by molar-refractivity contribution is -0.136. The summed E-state index contributed by atoms with van der Waals surface area (Å²) in [7, 11) is 0. The molecule has 2 aliphatic rings. The smallest absolute Gasteiger partial charge is 0.226 e. The number of anilines is 1. The predicted molar refractivity (Wildman–Crippen MR) is 97.6 cm³/mol. The minimum Gasteiger partial charge on any atom is -0.368 e. The topological polar surface area (TPSA) is 36.4 Å². The molecule has 0 bridgehead atoms. The highest BCUT2D eigenvalue weighted by atomic mass is 32.1. The molecule has 0 radical (unpaired) electrons. The van der Waals surface area contributed by atoms with Crippen molar-refractivity contribution in [1.82, 2.24) is 9.88 Å². The van der Waals surface area contributed by atoms with Crippen molar-refractivity contribution in [3.63, 3.8) is 0 Å². The number of carbonyl (C=O) groups is 1. The summed E-state index contributed by atoms with van der Waals surface area (Å²) in [5, 5.41) is 0. The van der Waals surface area contributed by atoms with E-state index in [1.165, 1.54) is 21.8 Å². The summed E-state index contributed by atoms with van der Waals surface area (Å²) >= 11 is 1.70. The zero-order valence-electron chi connectivity index (χ0n) is 14.1. The average Bonchev–Trinajstić information content (AvgIpc) is 3.09. The third-order valence-corrected chi connectivity index (χ3v) is 6.09. The third kappa shape index (κ3) is 3.05. The molecule has 5 heteroatoms. The molecule has 1 unspecified atom stereocenters. The van der Waals surface area contributed by atoms with Crippen molar-refractivity contribution < 1.29 is 4.79 Å². The Kier molecular flexibility index (Phi) is 4.27. The number of benzene rings is 1. The molecular weight excluding hydrogens is 318 g/mol. The molecule has 1 aliphatic carbocycles. The van der Waals surface area contributed by atoms with Crippen LogP contribution >= 0.6 is 11.3 Å². The van der Waals surface area contributed by atoms with E-state index in [1.54, 1.807) is 11.3 Å². The van der Waals surface area contributed by atoms with Gasteiger partial charge in [-0.3, -0.25) is 4.79 Å². The van der Waals surface area contributed by atoms with Crippen LogP contribution in [-0.2, 0) is 17.6 Å². The van der Waals surface area contributed by atoms with Gasteiger partial charge in [0.1, 0.15) is 0 Å². The number of hydrogen-bond acceptors (Lipinski definition) is 4. The van der Waals surface area contributed by atoms with Gasteiger partial charge in [0.15, 0.2) is 0 Å². The van der Waals surface area contributed by atoms with E-state index in [0.717, 1.165) is 45.4 Å². The molecule has 1 fully saturated rings. The number of thiazole rings is 1. The van der Waals surface area contributed by atoms with Crippen LogP contribution in [0.15, 0.2) is 29.8 Å². The highest BCUT2D eigenvalue weighted by Gasteiger charge is 2.31. The lowest BCUT2D eigenvalue weighted by Gasteiger charge is -2.38. The summed E-state index contributed by atoms with van der Waals surface area (Å²) in [5.74, 6) is 0.501. The van der Waals surface area contributed by atoms with E-state index in [4.69, 9.17) is 0 Å². The third-order valence-electron chi connectivity index (χ3n) is 5.19. The lowest BCUT2D eigenvalue weighted by atomic mass is 9.90. The molecule has 1 aliphatic heterocycles. The number of rotatable bonds is 2. The Morgan fingerprint density at radius 2 is 2.08 bits per heavy atom. The number of nitrogens with zero attached hydrogens (tertiary/aromatic N) is 3. The van der Waals surface area contributed by atoms with Crippen LogP contribution in [0, 0.1) is 12.8 Å². The minimum absolute atomic E-state index is 0.156. The van der Waals surface area contributed by atoms with Gasteiger partial charge in [-0.2, -0.15) is 0 Å². The van der Waals surface area contributed by atoms with Gasteiger partial charge in [0.05, 0.1) is 11.2 Å². The van der Waals surface area contributed by atoms with Crippen LogP contribution < -0.4 is 4.90 Å². The number of piperazine rings is 1. The Balaban J connectivity index is 1.37. The van der Waals surface area contributed by atoms with Crippen molar-refractivity contribution in [2.75, 3.05) is 31.1 Å². The van der Waals surface area contributed by atoms with Crippen LogP contribution in [0.1, 0.15) is 22.6 Å². The van der Waals surface area contributed by atoms with Gasteiger partial charge in [0, 0.05) is 42.7 Å². The maximum atomic E-state index is 12.9. The van der Waals surface area contributed by atoms with Crippen molar-refractivity contribution in [3.05, 3.63) is 45.9 Å². The summed E-state index contributed by atoms with van der Waals surface area (Å²) in [4.78, 5) is 23.1. The number of carbonyl (C=O) groups excluding carboxylic acids is 1. The van der Waals surface area contributed by atoms with Crippen LogP contribution in [0.3, 0.4) is 0 Å². The van der Waals surface area contributed by atoms with Crippen molar-refractivity contribution in [2.45, 2.75) is 26.2 Å². The van der Waals surface area contributed by atoms with E-state index in [-0.39, 0.29) is 5.92 Å². The van der Waals surface area contributed by atoms with Crippen molar-refractivity contribution in [3.8, 4) is 0 Å². The molecule has 4 rings (SSSR count). The monoisotopic (exact) mass is 341 g/mol. The van der Waals surface area contributed by atoms with Crippen molar-refractivity contribution in [1.29, 1.82) is 0 Å². The van der Waals surface area contributed by atoms with Gasteiger partial charge in [0.25, 0.3) is 0 Å². The molecule has 0 N–H and O–H groups in total. The highest BCUT2D eigenvalue weighted by molar-refractivity contribution is 7.09. The van der Waals surface area contributed by atoms with Gasteiger partial charge in [-0.15, -0.1) is 11.3 Å². The molecule has 0 spiro atoms. The molecule has 0 saturated carbocycles. The first-order chi connectivity index (χ1) is 11.7. The first kappa shape index (κ1) is 15.6. The fourth-order valence-electron chi connectivity index (χ4n) is 3.78. The Morgan fingerprint density at radius 3 is 2.88 bits per heavy atom. The van der Waals surface area contributed by atoms with Gasteiger partial charge in [-0.1, -0.05) is 12.1 Å². The fraction of sp³-hybridized carbons (Fsp3) is 0.474. The Hall–Kier alpha value is -1.88. The molecule has 1 saturated heterocycles. The van der Waals surface area contributed by atoms with E-state index in [9.17, 15) is 4.79 Å². The molecule has 1 amide bonds. The van der Waals surface area contributed by atoms with Gasteiger partial charge < -0.3 is 9.80 Å². The first-order valence-electron chi connectivity index (χ1n) is 8.72. The zero-order valence-corrected chi connectivity index (χ0v) is 14.9. The zero-order chi connectivity index (χ0) is 16.5. The summed E-state index contributed by atoms with van der Waals surface area (Å²) in [6.07, 6.45) is 2.79. The molecule has 2 heterocycles. The quantitative estimate of drug-likeness (QED) is 0.843. The van der Waals surface area contributed by atoms with E-state index >= 15 is 0 Å². The molecule has 4 nitrogen and oxygen atoms in total. The number of aromatic nitrogens is 1. The lowest BCUT2D eigenvalue weighted by Crippen LogP contribution is -2.51. The van der Waals surface area contributed by atoms with Crippen LogP contribution in [-0.4, -0.2) is 42.0 Å². The molecule has 24 heavy (non-hydrogen) atoms. The number of hydrogen-bond donors (Lipinski definition) is 0. The molecule has 2 aromatic rings. The molecule has 126 valence electrons. The second-order valence-electron chi connectivity index (χ2n) is 6.81. The maximum Gasteiger partial charge on any atom is 0.226 e. The van der Waals surface area contributed by atoms with Gasteiger partial charge in [-0.25, -0.2) is 4.98 Å². The second-order valence-corrected chi connectivity index (χ2v) is 7.75. The summed E-state index contributed by atoms with van der Waals surface area (Å²) in [6.45, 7) is 5.64. The van der Waals surface area contributed by atoms with E-state index in [1.807, 2.05) is 5.51 Å². The first-order valence-corrected chi connectivity index (χ1v) is 9.60. The molecule has 1 atom stereocenters. The van der Waals surface area contributed by atoms with E-state index in [2.05, 4.69) is 46.0 Å². The van der Waals surface area contributed by atoms with Crippen molar-refractivity contribution in [2.24, 2.45) is 5.92 Å². The Bertz CT molecular complexity index is 734. The maximum absolute atomic E-state index is 12.9. The highest BCUT2D eigenvalue weighted by Crippen LogP contribution is 2.29. The summed E-state index contributed by atoms with van der Waals surface area (Å²) in [6, 6.07) is 8.62. The minimum atomic E-state index is 0.156. The van der Waals surface area contributed by atoms with Crippen LogP contribution in [0.25, 0.3) is 0 Å². The average molecular weight is 341 g/mol. The standard InChI is InChI=1S/C19H23N3OS/c1-14-3-2-4-16(11-14)21-7-9-22(10-8-21)19(23)15-5-6-17-18(12-15)24-13-20-17/h2-4,11,13,15H,5-10,12H2,1H3. The number of aryl methyl sites for hydroxylation is 2. The van der Waals surface area contributed by atoms with E-state index < -0.39 is 0 Å². The van der Waals surface area contributed by atoms with Gasteiger partial charge >= 0.3 is 0 Å². The fourth-order valence-corrected chi connectivity index (χ4v) is 4.67. The van der Waals surface area contributed by atoms with Gasteiger partial charge in [-0.05, 0) is 43.9 Å². The van der Waals surface area contributed by atoms with Gasteiger partial charge in [0.2, 0.25) is 5.91 Å². The Labute approximate surface area is 147 Å². The number of fused-ring (bicyclic) bond motifs is 1. The largest absolute Gasteiger partial charge is 0.368 e. The SMILES string of the molecule is Cc1cccc(N2CCN(C(=O)C3CCc4ncsc4C3)CC2)c1. The predicted octanol–water partition coefficient (Wildman–Crippen LogP) is 2.91. The van der Waals surface area contributed by atoms with Crippen LogP contribution in [0.4, 0.5) is 5.69 Å². The van der Waals surface area contributed by atoms with Crippen LogP contribution in [0.5, 0.6) is 0 Å². The van der Waals surface area contributed by atoms with Crippen molar-refractivity contribution >= 4 is 22.9 Å². The summed E-state index contributed by atoms with van der Waals surface area (Å²) < 4.78 is 0. The van der Waals surface area contributed by atoms with Crippen LogP contribution in [0.2, 0.25) is 0 Å².